The van der Waals surface area contributed by atoms with Crippen LogP contribution in [0.15, 0.2) is 18.2 Å². The molecule has 1 aliphatic carbocycles. The number of nitrogens with zero attached hydrogens (tertiary/aromatic N) is 1. The molecule has 2 aliphatic rings. The van der Waals surface area contributed by atoms with E-state index in [4.69, 9.17) is 5.11 Å². The van der Waals surface area contributed by atoms with E-state index >= 15 is 0 Å². The highest BCUT2D eigenvalue weighted by molar-refractivity contribution is 5.67. The Morgan fingerprint density at radius 3 is 2.22 bits per heavy atom. The summed E-state index contributed by atoms with van der Waals surface area (Å²) in [6, 6.07) is 4.44. The fourth-order valence-electron chi connectivity index (χ4n) is 4.68. The molecule has 1 saturated carbocycles. The lowest BCUT2D eigenvalue weighted by Crippen LogP contribution is -2.42. The minimum Gasteiger partial charge on any atom is -0.481 e. The topological polar surface area (TPSA) is 40.5 Å². The summed E-state index contributed by atoms with van der Waals surface area (Å²) in [4.78, 5) is 13.0. The van der Waals surface area contributed by atoms with Crippen LogP contribution in [-0.2, 0) is 4.79 Å². The predicted octanol–water partition coefficient (Wildman–Crippen LogP) is 5.91. The second kappa shape index (κ2) is 8.11. The van der Waals surface area contributed by atoms with Crippen molar-refractivity contribution in [3.05, 3.63) is 29.3 Å². The SMILES string of the molecule is CC(F)c1cc(C(F)F)cc(N2CCC3(CCC(CC(=O)O)CC3)CC2)c1. The van der Waals surface area contributed by atoms with Gasteiger partial charge in [-0.1, -0.05) is 0 Å². The number of rotatable bonds is 5. The van der Waals surface area contributed by atoms with Gasteiger partial charge in [0.05, 0.1) is 0 Å². The maximum atomic E-state index is 13.7. The summed E-state index contributed by atoms with van der Waals surface area (Å²) in [6.45, 7) is 2.92. The highest BCUT2D eigenvalue weighted by Crippen LogP contribution is 2.47. The molecule has 1 atom stereocenters. The normalized spacial score (nSPS) is 21.6. The van der Waals surface area contributed by atoms with E-state index in [1.807, 2.05) is 0 Å². The van der Waals surface area contributed by atoms with Crippen molar-refractivity contribution in [2.45, 2.75) is 64.5 Å². The largest absolute Gasteiger partial charge is 0.481 e. The van der Waals surface area contributed by atoms with Gasteiger partial charge < -0.3 is 10.0 Å². The molecule has 1 heterocycles. The zero-order valence-electron chi connectivity index (χ0n) is 15.8. The average molecular weight is 383 g/mol. The Morgan fingerprint density at radius 1 is 1.11 bits per heavy atom. The van der Waals surface area contributed by atoms with Gasteiger partial charge in [-0.3, -0.25) is 4.79 Å². The Bertz CT molecular complexity index is 633. The second-order valence-electron chi connectivity index (χ2n) is 8.30. The number of carboxylic acid groups (broad SMARTS) is 1. The quantitative estimate of drug-likeness (QED) is 0.687. The van der Waals surface area contributed by atoms with Crippen molar-refractivity contribution < 1.29 is 23.1 Å². The first-order valence-electron chi connectivity index (χ1n) is 9.82. The molecule has 6 heteroatoms. The van der Waals surface area contributed by atoms with Crippen LogP contribution in [-0.4, -0.2) is 24.2 Å². The first-order valence-corrected chi connectivity index (χ1v) is 9.82. The Kier molecular flexibility index (Phi) is 6.02. The first kappa shape index (κ1) is 20.0. The van der Waals surface area contributed by atoms with Crippen LogP contribution in [0.5, 0.6) is 0 Å². The summed E-state index contributed by atoms with van der Waals surface area (Å²) in [5.41, 5.74) is 1.11. The van der Waals surface area contributed by atoms with Gasteiger partial charge >= 0.3 is 5.97 Å². The predicted molar refractivity (Wildman–Crippen MR) is 99.0 cm³/mol. The molecule has 1 spiro atoms. The monoisotopic (exact) mass is 383 g/mol. The number of benzene rings is 1. The van der Waals surface area contributed by atoms with E-state index in [1.54, 1.807) is 6.07 Å². The Hall–Kier alpha value is -1.72. The minimum absolute atomic E-state index is 0.124. The Labute approximate surface area is 158 Å². The number of anilines is 1. The first-order chi connectivity index (χ1) is 12.8. The van der Waals surface area contributed by atoms with Crippen molar-refractivity contribution in [1.82, 2.24) is 0 Å². The van der Waals surface area contributed by atoms with Gasteiger partial charge in [-0.05, 0) is 80.5 Å². The molecular formula is C21H28F3NO2. The molecule has 3 rings (SSSR count). The molecule has 1 aromatic carbocycles. The molecule has 1 saturated heterocycles. The molecule has 0 bridgehead atoms. The van der Waals surface area contributed by atoms with Gasteiger partial charge in [0, 0.05) is 30.8 Å². The Balaban J connectivity index is 1.65. The number of carbonyl (C=O) groups is 1. The maximum absolute atomic E-state index is 13.7. The van der Waals surface area contributed by atoms with Gasteiger partial charge in [0.2, 0.25) is 0 Å². The van der Waals surface area contributed by atoms with Crippen molar-refractivity contribution in [3.63, 3.8) is 0 Å². The molecular weight excluding hydrogens is 355 g/mol. The average Bonchev–Trinajstić information content (AvgIpc) is 2.63. The van der Waals surface area contributed by atoms with Crippen LogP contribution in [0.25, 0.3) is 0 Å². The van der Waals surface area contributed by atoms with Crippen LogP contribution in [0.1, 0.15) is 75.6 Å². The van der Waals surface area contributed by atoms with Crippen molar-refractivity contribution in [3.8, 4) is 0 Å². The molecule has 0 amide bonds. The third-order valence-electron chi connectivity index (χ3n) is 6.49. The van der Waals surface area contributed by atoms with E-state index in [9.17, 15) is 18.0 Å². The molecule has 3 nitrogen and oxygen atoms in total. The fourth-order valence-corrected chi connectivity index (χ4v) is 4.68. The summed E-state index contributed by atoms with van der Waals surface area (Å²) in [7, 11) is 0. The smallest absolute Gasteiger partial charge is 0.303 e. The minimum atomic E-state index is -2.61. The van der Waals surface area contributed by atoms with Crippen LogP contribution in [0, 0.1) is 11.3 Å². The van der Waals surface area contributed by atoms with E-state index in [0.29, 0.717) is 11.3 Å². The van der Waals surface area contributed by atoms with Crippen LogP contribution in [0.3, 0.4) is 0 Å². The van der Waals surface area contributed by atoms with Gasteiger partial charge in [0.1, 0.15) is 6.17 Å². The van der Waals surface area contributed by atoms with Crippen LogP contribution >= 0.6 is 0 Å². The van der Waals surface area contributed by atoms with Gasteiger partial charge in [0.15, 0.2) is 0 Å². The van der Waals surface area contributed by atoms with Gasteiger partial charge in [0.25, 0.3) is 6.43 Å². The molecule has 27 heavy (non-hydrogen) atoms. The third-order valence-corrected chi connectivity index (χ3v) is 6.49. The second-order valence-corrected chi connectivity index (χ2v) is 8.30. The van der Waals surface area contributed by atoms with Gasteiger partial charge in [-0.15, -0.1) is 0 Å². The summed E-state index contributed by atoms with van der Waals surface area (Å²) in [5.74, 6) is -0.440. The maximum Gasteiger partial charge on any atom is 0.303 e. The van der Waals surface area contributed by atoms with E-state index < -0.39 is 18.6 Å². The van der Waals surface area contributed by atoms with Crippen LogP contribution < -0.4 is 4.90 Å². The molecule has 1 aromatic rings. The number of alkyl halides is 3. The molecule has 1 aliphatic heterocycles. The zero-order chi connectivity index (χ0) is 19.6. The third kappa shape index (κ3) is 4.77. The molecule has 1 N–H and O–H groups in total. The lowest BCUT2D eigenvalue weighted by Gasteiger charge is -2.46. The van der Waals surface area contributed by atoms with Crippen LogP contribution in [0.4, 0.5) is 18.9 Å². The lowest BCUT2D eigenvalue weighted by molar-refractivity contribution is -0.138. The standard InChI is InChI=1S/C21H28F3NO2/c1-14(22)16-11-17(20(23)24)13-18(12-16)25-8-6-21(7-9-25)4-2-15(3-5-21)10-19(26)27/h11-15,20H,2-10H2,1H3,(H,26,27). The van der Waals surface area contributed by atoms with E-state index in [1.165, 1.54) is 19.1 Å². The number of halogens is 3. The van der Waals surface area contributed by atoms with Crippen molar-refractivity contribution in [2.24, 2.45) is 11.3 Å². The molecule has 150 valence electrons. The number of carboxylic acids is 1. The number of hydrogen-bond acceptors (Lipinski definition) is 2. The summed E-state index contributed by atoms with van der Waals surface area (Å²) < 4.78 is 40.1. The summed E-state index contributed by atoms with van der Waals surface area (Å²) >= 11 is 0. The number of hydrogen-bond donors (Lipinski definition) is 1. The number of piperidine rings is 1. The lowest BCUT2D eigenvalue weighted by atomic mass is 9.65. The summed E-state index contributed by atoms with van der Waals surface area (Å²) in [6.07, 6.45) is 2.33. The van der Waals surface area contributed by atoms with Crippen LogP contribution in [0.2, 0.25) is 0 Å². The number of aliphatic carboxylic acids is 1. The highest BCUT2D eigenvalue weighted by Gasteiger charge is 2.38. The van der Waals surface area contributed by atoms with E-state index in [-0.39, 0.29) is 23.3 Å². The van der Waals surface area contributed by atoms with E-state index in [0.717, 1.165) is 51.6 Å². The van der Waals surface area contributed by atoms with Crippen molar-refractivity contribution >= 4 is 11.7 Å². The van der Waals surface area contributed by atoms with Crippen molar-refractivity contribution in [2.75, 3.05) is 18.0 Å². The van der Waals surface area contributed by atoms with Gasteiger partial charge in [-0.2, -0.15) is 0 Å². The zero-order valence-corrected chi connectivity index (χ0v) is 15.8. The van der Waals surface area contributed by atoms with Crippen molar-refractivity contribution in [1.29, 1.82) is 0 Å². The van der Waals surface area contributed by atoms with E-state index in [2.05, 4.69) is 4.90 Å². The highest BCUT2D eigenvalue weighted by atomic mass is 19.3. The molecule has 0 radical (unpaired) electrons. The Morgan fingerprint density at radius 2 is 1.70 bits per heavy atom. The summed E-state index contributed by atoms with van der Waals surface area (Å²) in [5, 5.41) is 8.96. The van der Waals surface area contributed by atoms with Gasteiger partial charge in [-0.25, -0.2) is 13.2 Å². The fraction of sp³-hybridized carbons (Fsp3) is 0.667. The molecule has 1 unspecified atom stereocenters. The molecule has 2 fully saturated rings. The molecule has 0 aromatic heterocycles.